The summed E-state index contributed by atoms with van der Waals surface area (Å²) in [4.78, 5) is 8.22. The molecule has 2 rings (SSSR count). The van der Waals surface area contributed by atoms with Gasteiger partial charge < -0.3 is 16.2 Å². The van der Waals surface area contributed by atoms with Crippen molar-refractivity contribution in [3.8, 4) is 0 Å². The van der Waals surface area contributed by atoms with E-state index in [-0.39, 0.29) is 18.1 Å². The van der Waals surface area contributed by atoms with E-state index in [1.165, 1.54) is 6.33 Å². The summed E-state index contributed by atoms with van der Waals surface area (Å²) in [5.74, 6) is 1.54. The second kappa shape index (κ2) is 3.90. The molecule has 1 fully saturated rings. The third-order valence-electron chi connectivity index (χ3n) is 3.03. The summed E-state index contributed by atoms with van der Waals surface area (Å²) in [5, 5.41) is 12.6. The largest absolute Gasteiger partial charge is 0.394 e. The van der Waals surface area contributed by atoms with Gasteiger partial charge in [0.1, 0.15) is 18.0 Å². The Bertz CT molecular complexity index is 388. The summed E-state index contributed by atoms with van der Waals surface area (Å²) in [5.41, 5.74) is 6.61. The maximum Gasteiger partial charge on any atom is 0.135 e. The van der Waals surface area contributed by atoms with E-state index in [4.69, 9.17) is 5.73 Å². The summed E-state index contributed by atoms with van der Waals surface area (Å²) in [7, 11) is 0. The Morgan fingerprint density at radius 1 is 1.50 bits per heavy atom. The summed E-state index contributed by atoms with van der Waals surface area (Å²) in [6.07, 6.45) is 3.41. The van der Waals surface area contributed by atoms with Gasteiger partial charge >= 0.3 is 0 Å². The van der Waals surface area contributed by atoms with Crippen LogP contribution >= 0.6 is 0 Å². The SMILES string of the molecule is CC(C)c1c(N)ncnc1NC1(CO)CC1. The van der Waals surface area contributed by atoms with Crippen LogP contribution < -0.4 is 11.1 Å². The Balaban J connectivity index is 2.30. The fourth-order valence-electron chi connectivity index (χ4n) is 1.80. The van der Waals surface area contributed by atoms with Crippen molar-refractivity contribution >= 4 is 11.6 Å². The Morgan fingerprint density at radius 2 is 2.19 bits per heavy atom. The number of aliphatic hydroxyl groups excluding tert-OH is 1. The zero-order valence-electron chi connectivity index (χ0n) is 9.70. The Labute approximate surface area is 95.1 Å². The summed E-state index contributed by atoms with van der Waals surface area (Å²) in [6.45, 7) is 4.24. The fourth-order valence-corrected chi connectivity index (χ4v) is 1.80. The first-order chi connectivity index (χ1) is 7.58. The highest BCUT2D eigenvalue weighted by atomic mass is 16.3. The van der Waals surface area contributed by atoms with Gasteiger partial charge in [-0.15, -0.1) is 0 Å². The van der Waals surface area contributed by atoms with Crippen LogP contribution in [0.3, 0.4) is 0 Å². The molecule has 5 heteroatoms. The van der Waals surface area contributed by atoms with Crippen LogP contribution in [-0.2, 0) is 0 Å². The first-order valence-corrected chi connectivity index (χ1v) is 5.57. The average Bonchev–Trinajstić information content (AvgIpc) is 2.98. The number of aromatic nitrogens is 2. The second-order valence-electron chi connectivity index (χ2n) is 4.74. The minimum Gasteiger partial charge on any atom is -0.394 e. The molecule has 0 radical (unpaired) electrons. The predicted octanol–water partition coefficient (Wildman–Crippen LogP) is 1.12. The van der Waals surface area contributed by atoms with E-state index in [9.17, 15) is 5.11 Å². The lowest BCUT2D eigenvalue weighted by molar-refractivity contribution is 0.266. The van der Waals surface area contributed by atoms with E-state index in [1.54, 1.807) is 0 Å². The van der Waals surface area contributed by atoms with Gasteiger partial charge in [0.05, 0.1) is 12.1 Å². The van der Waals surface area contributed by atoms with Crippen molar-refractivity contribution in [2.24, 2.45) is 0 Å². The maximum absolute atomic E-state index is 9.28. The quantitative estimate of drug-likeness (QED) is 0.711. The van der Waals surface area contributed by atoms with Crippen molar-refractivity contribution in [2.75, 3.05) is 17.7 Å². The van der Waals surface area contributed by atoms with Gasteiger partial charge in [-0.1, -0.05) is 13.8 Å². The number of rotatable bonds is 4. The lowest BCUT2D eigenvalue weighted by atomic mass is 10.0. The highest BCUT2D eigenvalue weighted by molar-refractivity contribution is 5.58. The van der Waals surface area contributed by atoms with E-state index in [1.807, 2.05) is 0 Å². The molecule has 0 bridgehead atoms. The van der Waals surface area contributed by atoms with Crippen LogP contribution in [0, 0.1) is 0 Å². The lowest BCUT2D eigenvalue weighted by Crippen LogP contribution is -2.27. The molecule has 16 heavy (non-hydrogen) atoms. The molecule has 1 saturated carbocycles. The number of aliphatic hydroxyl groups is 1. The number of nitrogen functional groups attached to an aromatic ring is 1. The second-order valence-corrected chi connectivity index (χ2v) is 4.74. The maximum atomic E-state index is 9.28. The van der Waals surface area contributed by atoms with Crippen LogP contribution in [0.1, 0.15) is 38.2 Å². The highest BCUT2D eigenvalue weighted by Crippen LogP contribution is 2.40. The highest BCUT2D eigenvalue weighted by Gasteiger charge is 2.42. The van der Waals surface area contributed by atoms with Crippen LogP contribution in [0.5, 0.6) is 0 Å². The van der Waals surface area contributed by atoms with Gasteiger partial charge in [-0.3, -0.25) is 0 Å². The molecule has 0 saturated heterocycles. The van der Waals surface area contributed by atoms with E-state index in [0.717, 1.165) is 24.2 Å². The topological polar surface area (TPSA) is 84.1 Å². The summed E-state index contributed by atoms with van der Waals surface area (Å²) < 4.78 is 0. The number of nitrogens with two attached hydrogens (primary N) is 1. The number of hydrogen-bond donors (Lipinski definition) is 3. The minimum atomic E-state index is -0.176. The average molecular weight is 222 g/mol. The van der Waals surface area contributed by atoms with Gasteiger partial charge in [-0.05, 0) is 18.8 Å². The van der Waals surface area contributed by atoms with E-state index < -0.39 is 0 Å². The van der Waals surface area contributed by atoms with Crippen molar-refractivity contribution in [1.82, 2.24) is 9.97 Å². The smallest absolute Gasteiger partial charge is 0.135 e. The Morgan fingerprint density at radius 3 is 2.69 bits per heavy atom. The molecule has 5 nitrogen and oxygen atoms in total. The molecule has 0 spiro atoms. The molecular formula is C11H18N4O. The molecule has 1 aliphatic rings. The van der Waals surface area contributed by atoms with Crippen molar-refractivity contribution < 1.29 is 5.11 Å². The van der Waals surface area contributed by atoms with Crippen LogP contribution in [-0.4, -0.2) is 27.2 Å². The first-order valence-electron chi connectivity index (χ1n) is 5.57. The fraction of sp³-hybridized carbons (Fsp3) is 0.636. The number of hydrogen-bond acceptors (Lipinski definition) is 5. The van der Waals surface area contributed by atoms with Crippen LogP contribution in [0.4, 0.5) is 11.6 Å². The molecule has 1 heterocycles. The van der Waals surface area contributed by atoms with Crippen molar-refractivity contribution in [2.45, 2.75) is 38.1 Å². The van der Waals surface area contributed by atoms with Crippen LogP contribution in [0.2, 0.25) is 0 Å². The summed E-state index contributed by atoms with van der Waals surface area (Å²) in [6, 6.07) is 0. The van der Waals surface area contributed by atoms with E-state index in [2.05, 4.69) is 29.1 Å². The molecule has 1 aromatic heterocycles. The molecular weight excluding hydrogens is 204 g/mol. The number of nitrogens with one attached hydrogen (secondary N) is 1. The first kappa shape index (κ1) is 11.1. The van der Waals surface area contributed by atoms with Gasteiger partial charge in [0, 0.05) is 5.56 Å². The van der Waals surface area contributed by atoms with Gasteiger partial charge in [0.25, 0.3) is 0 Å². The standard InChI is InChI=1S/C11H18N4O/c1-7(2)8-9(12)13-6-14-10(8)15-11(5-16)3-4-11/h6-7,16H,3-5H2,1-2H3,(H3,12,13,14,15). The van der Waals surface area contributed by atoms with Gasteiger partial charge in [-0.25, -0.2) is 9.97 Å². The van der Waals surface area contributed by atoms with Gasteiger partial charge in [0.2, 0.25) is 0 Å². The molecule has 0 unspecified atom stereocenters. The number of nitrogens with zero attached hydrogens (tertiary/aromatic N) is 2. The molecule has 4 N–H and O–H groups in total. The Kier molecular flexibility index (Phi) is 2.71. The van der Waals surface area contributed by atoms with E-state index in [0.29, 0.717) is 5.82 Å². The normalized spacial score (nSPS) is 17.5. The van der Waals surface area contributed by atoms with E-state index >= 15 is 0 Å². The van der Waals surface area contributed by atoms with Crippen LogP contribution in [0.25, 0.3) is 0 Å². The molecule has 1 aliphatic carbocycles. The molecule has 1 aromatic rings. The summed E-state index contributed by atoms with van der Waals surface area (Å²) >= 11 is 0. The molecule has 0 atom stereocenters. The minimum absolute atomic E-state index is 0.133. The van der Waals surface area contributed by atoms with Crippen molar-refractivity contribution in [3.05, 3.63) is 11.9 Å². The monoisotopic (exact) mass is 222 g/mol. The predicted molar refractivity (Wildman–Crippen MR) is 63.2 cm³/mol. The molecule has 0 aromatic carbocycles. The third-order valence-corrected chi connectivity index (χ3v) is 3.03. The molecule has 0 aliphatic heterocycles. The zero-order valence-corrected chi connectivity index (χ0v) is 9.70. The van der Waals surface area contributed by atoms with Gasteiger partial charge in [-0.2, -0.15) is 0 Å². The lowest BCUT2D eigenvalue weighted by Gasteiger charge is -2.19. The number of anilines is 2. The molecule has 88 valence electrons. The zero-order chi connectivity index (χ0) is 11.8. The van der Waals surface area contributed by atoms with Gasteiger partial charge in [0.15, 0.2) is 0 Å². The third kappa shape index (κ3) is 1.95. The van der Waals surface area contributed by atoms with Crippen molar-refractivity contribution in [3.63, 3.8) is 0 Å². The Hall–Kier alpha value is -1.36. The van der Waals surface area contributed by atoms with Crippen molar-refractivity contribution in [1.29, 1.82) is 0 Å². The molecule has 0 amide bonds. The van der Waals surface area contributed by atoms with Crippen LogP contribution in [0.15, 0.2) is 6.33 Å².